The van der Waals surface area contributed by atoms with Crippen LogP contribution in [0.15, 0.2) is 76.0 Å². The Morgan fingerprint density at radius 2 is 1.77 bits per heavy atom. The van der Waals surface area contributed by atoms with Crippen LogP contribution in [-0.4, -0.2) is 10.4 Å². The molecule has 0 aliphatic heterocycles. The van der Waals surface area contributed by atoms with Gasteiger partial charge in [-0.3, -0.25) is 14.2 Å². The van der Waals surface area contributed by atoms with Gasteiger partial charge < -0.3 is 5.73 Å². The number of para-hydroxylation sites is 1. The summed E-state index contributed by atoms with van der Waals surface area (Å²) in [5, 5.41) is 1.08. The number of benzene rings is 2. The summed E-state index contributed by atoms with van der Waals surface area (Å²) in [6, 6.07) is 19.7. The summed E-state index contributed by atoms with van der Waals surface area (Å²) in [6.07, 6.45) is 0. The van der Waals surface area contributed by atoms with E-state index in [2.05, 4.69) is 15.9 Å². The smallest absolute Gasteiger partial charge is 0.256 e. The van der Waals surface area contributed by atoms with Crippen LogP contribution in [0.4, 0.5) is 5.00 Å². The summed E-state index contributed by atoms with van der Waals surface area (Å²) in [5.74, 6) is -0.159. The maximum atomic E-state index is 13.0. The molecule has 0 aliphatic rings. The molecular formula is C20H13BrN2O2S. The van der Waals surface area contributed by atoms with Gasteiger partial charge in [0.05, 0.1) is 16.3 Å². The van der Waals surface area contributed by atoms with Crippen molar-refractivity contribution >= 4 is 48.3 Å². The lowest BCUT2D eigenvalue weighted by Gasteiger charge is -2.07. The first kappa shape index (κ1) is 16.8. The number of hydrogen-bond acceptors (Lipinski definition) is 4. The highest BCUT2D eigenvalue weighted by Gasteiger charge is 2.21. The minimum Gasteiger partial charge on any atom is -0.390 e. The van der Waals surface area contributed by atoms with E-state index < -0.39 is 0 Å². The number of ketones is 1. The first-order valence-electron chi connectivity index (χ1n) is 7.86. The van der Waals surface area contributed by atoms with Crippen molar-refractivity contribution in [1.82, 2.24) is 4.57 Å². The predicted octanol–water partition coefficient (Wildman–Crippen LogP) is 4.63. The molecule has 0 saturated heterocycles. The van der Waals surface area contributed by atoms with Crippen LogP contribution < -0.4 is 11.3 Å². The molecule has 2 aromatic carbocycles. The number of halogens is 1. The number of rotatable bonds is 3. The molecule has 0 bridgehead atoms. The summed E-state index contributed by atoms with van der Waals surface area (Å²) < 4.78 is 2.41. The number of carbonyl (C=O) groups excluding carboxylic acids is 1. The van der Waals surface area contributed by atoms with E-state index in [0.29, 0.717) is 26.3 Å². The summed E-state index contributed by atoms with van der Waals surface area (Å²) in [7, 11) is 0. The fourth-order valence-corrected chi connectivity index (χ4v) is 4.41. The van der Waals surface area contributed by atoms with Crippen molar-refractivity contribution in [2.75, 3.05) is 5.73 Å². The summed E-state index contributed by atoms with van der Waals surface area (Å²) in [5.41, 5.74) is 7.76. The van der Waals surface area contributed by atoms with Crippen molar-refractivity contribution in [3.8, 4) is 5.69 Å². The number of nitrogens with two attached hydrogens (primary N) is 1. The molecule has 0 amide bonds. The van der Waals surface area contributed by atoms with Gasteiger partial charge in [0.15, 0.2) is 5.78 Å². The van der Waals surface area contributed by atoms with E-state index in [9.17, 15) is 9.59 Å². The van der Waals surface area contributed by atoms with Crippen molar-refractivity contribution in [2.45, 2.75) is 0 Å². The van der Waals surface area contributed by atoms with Gasteiger partial charge in [-0.1, -0.05) is 57.6 Å². The first-order valence-corrected chi connectivity index (χ1v) is 9.47. The van der Waals surface area contributed by atoms with Crippen LogP contribution in [0, 0.1) is 0 Å². The third kappa shape index (κ3) is 2.77. The lowest BCUT2D eigenvalue weighted by atomic mass is 10.0. The van der Waals surface area contributed by atoms with Crippen LogP contribution in [0.1, 0.15) is 15.9 Å². The molecule has 0 radical (unpaired) electrons. The third-order valence-corrected chi connectivity index (χ3v) is 5.61. The SMILES string of the molecule is Nc1sc2c(ccc(=O)n2-c2ccccc2)c1C(=O)c1cccc(Br)c1. The molecule has 0 saturated carbocycles. The third-order valence-electron chi connectivity index (χ3n) is 4.10. The topological polar surface area (TPSA) is 65.1 Å². The van der Waals surface area contributed by atoms with E-state index in [1.165, 1.54) is 17.4 Å². The number of fused-ring (bicyclic) bond motifs is 1. The fourth-order valence-electron chi connectivity index (χ4n) is 2.93. The fraction of sp³-hybridized carbons (Fsp3) is 0. The number of pyridine rings is 1. The lowest BCUT2D eigenvalue weighted by molar-refractivity contribution is 0.104. The zero-order chi connectivity index (χ0) is 18.3. The number of nitrogen functional groups attached to an aromatic ring is 1. The molecule has 128 valence electrons. The number of nitrogens with zero attached hydrogens (tertiary/aromatic N) is 1. The highest BCUT2D eigenvalue weighted by atomic mass is 79.9. The van der Waals surface area contributed by atoms with Crippen LogP contribution in [-0.2, 0) is 0 Å². The minimum atomic E-state index is -0.161. The molecule has 0 atom stereocenters. The average molecular weight is 425 g/mol. The van der Waals surface area contributed by atoms with Crippen LogP contribution in [0.3, 0.4) is 0 Å². The molecule has 6 heteroatoms. The predicted molar refractivity (Wildman–Crippen MR) is 109 cm³/mol. The van der Waals surface area contributed by atoms with E-state index in [0.717, 1.165) is 10.2 Å². The second kappa shape index (κ2) is 6.55. The van der Waals surface area contributed by atoms with Gasteiger partial charge in [-0.05, 0) is 30.3 Å². The van der Waals surface area contributed by atoms with Crippen molar-refractivity contribution < 1.29 is 4.79 Å². The molecule has 2 aromatic heterocycles. The Kier molecular flexibility index (Phi) is 4.22. The lowest BCUT2D eigenvalue weighted by Crippen LogP contribution is -2.16. The quantitative estimate of drug-likeness (QED) is 0.487. The molecule has 0 spiro atoms. The molecule has 2 heterocycles. The number of carbonyl (C=O) groups is 1. The number of anilines is 1. The molecule has 4 rings (SSSR count). The Hall–Kier alpha value is -2.70. The van der Waals surface area contributed by atoms with Gasteiger partial charge >= 0.3 is 0 Å². The number of aromatic nitrogens is 1. The molecule has 0 fully saturated rings. The normalized spacial score (nSPS) is 11.0. The van der Waals surface area contributed by atoms with Crippen molar-refractivity contribution in [3.05, 3.63) is 92.7 Å². The molecular weight excluding hydrogens is 412 g/mol. The van der Waals surface area contributed by atoms with Crippen molar-refractivity contribution in [3.63, 3.8) is 0 Å². The van der Waals surface area contributed by atoms with Gasteiger partial charge in [0, 0.05) is 21.5 Å². The van der Waals surface area contributed by atoms with Gasteiger partial charge in [0.2, 0.25) is 0 Å². The Bertz CT molecular complexity index is 1200. The van der Waals surface area contributed by atoms with Gasteiger partial charge in [0.1, 0.15) is 4.83 Å². The van der Waals surface area contributed by atoms with Crippen LogP contribution in [0.25, 0.3) is 15.9 Å². The summed E-state index contributed by atoms with van der Waals surface area (Å²) in [6.45, 7) is 0. The largest absolute Gasteiger partial charge is 0.390 e. The van der Waals surface area contributed by atoms with Gasteiger partial charge in [0.25, 0.3) is 5.56 Å². The zero-order valence-corrected chi connectivity index (χ0v) is 15.9. The van der Waals surface area contributed by atoms with Crippen LogP contribution in [0.5, 0.6) is 0 Å². The molecule has 0 aliphatic carbocycles. The molecule has 2 N–H and O–H groups in total. The van der Waals surface area contributed by atoms with E-state index in [4.69, 9.17) is 5.73 Å². The molecule has 4 aromatic rings. The van der Waals surface area contributed by atoms with Crippen molar-refractivity contribution in [1.29, 1.82) is 0 Å². The maximum Gasteiger partial charge on any atom is 0.256 e. The van der Waals surface area contributed by atoms with Crippen LogP contribution in [0.2, 0.25) is 0 Å². The first-order chi connectivity index (χ1) is 12.6. The van der Waals surface area contributed by atoms with E-state index in [1.807, 2.05) is 42.5 Å². The highest BCUT2D eigenvalue weighted by molar-refractivity contribution is 9.10. The van der Waals surface area contributed by atoms with E-state index in [-0.39, 0.29) is 11.3 Å². The average Bonchev–Trinajstić information content (AvgIpc) is 2.97. The van der Waals surface area contributed by atoms with Gasteiger partial charge in [-0.2, -0.15) is 0 Å². The minimum absolute atomic E-state index is 0.159. The number of hydrogen-bond donors (Lipinski definition) is 1. The monoisotopic (exact) mass is 424 g/mol. The second-order valence-electron chi connectivity index (χ2n) is 5.74. The molecule has 4 nitrogen and oxygen atoms in total. The van der Waals surface area contributed by atoms with Gasteiger partial charge in [-0.25, -0.2) is 0 Å². The Morgan fingerprint density at radius 1 is 1.00 bits per heavy atom. The summed E-state index contributed by atoms with van der Waals surface area (Å²) >= 11 is 4.64. The Balaban J connectivity index is 1.98. The van der Waals surface area contributed by atoms with Crippen LogP contribution >= 0.6 is 27.3 Å². The molecule has 26 heavy (non-hydrogen) atoms. The summed E-state index contributed by atoms with van der Waals surface area (Å²) in [4.78, 5) is 26.2. The van der Waals surface area contributed by atoms with E-state index in [1.54, 1.807) is 22.8 Å². The highest BCUT2D eigenvalue weighted by Crippen LogP contribution is 2.35. The van der Waals surface area contributed by atoms with Crippen molar-refractivity contribution in [2.24, 2.45) is 0 Å². The maximum absolute atomic E-state index is 13.0. The Labute approximate surface area is 161 Å². The standard InChI is InChI=1S/C20H13BrN2O2S/c21-13-6-4-5-12(11-13)18(25)17-15-9-10-16(24)23(20(15)26-19(17)22)14-7-2-1-3-8-14/h1-11H,22H2. The number of thiophene rings is 1. The van der Waals surface area contributed by atoms with E-state index >= 15 is 0 Å². The molecule has 0 unspecified atom stereocenters. The Morgan fingerprint density at radius 3 is 2.50 bits per heavy atom. The second-order valence-corrected chi connectivity index (χ2v) is 7.69. The van der Waals surface area contributed by atoms with Gasteiger partial charge in [-0.15, -0.1) is 0 Å². The zero-order valence-electron chi connectivity index (χ0n) is 13.5.